The largest absolute Gasteiger partial charge is 0.409 e. The van der Waals surface area contributed by atoms with E-state index in [0.29, 0.717) is 23.6 Å². The SMILES string of the molecule is Cc1cccc(C(=O)NCCCC/C(N)=N/O)c1Cl. The van der Waals surface area contributed by atoms with Gasteiger partial charge in [-0.25, -0.2) is 0 Å². The number of rotatable bonds is 6. The molecule has 5 nitrogen and oxygen atoms in total. The van der Waals surface area contributed by atoms with Crippen LogP contribution in [0.1, 0.15) is 35.2 Å². The van der Waals surface area contributed by atoms with Crippen LogP contribution in [0.3, 0.4) is 0 Å². The monoisotopic (exact) mass is 283 g/mol. The molecule has 4 N–H and O–H groups in total. The number of nitrogens with one attached hydrogen (secondary N) is 1. The van der Waals surface area contributed by atoms with Crippen LogP contribution in [0.5, 0.6) is 0 Å². The van der Waals surface area contributed by atoms with Crippen molar-refractivity contribution in [2.75, 3.05) is 6.54 Å². The Hall–Kier alpha value is -1.75. The second-order valence-electron chi connectivity index (χ2n) is 4.24. The maximum absolute atomic E-state index is 11.9. The lowest BCUT2D eigenvalue weighted by atomic mass is 10.1. The van der Waals surface area contributed by atoms with Gasteiger partial charge in [-0.3, -0.25) is 4.79 Å². The molecule has 0 fully saturated rings. The highest BCUT2D eigenvalue weighted by atomic mass is 35.5. The van der Waals surface area contributed by atoms with Gasteiger partial charge in [-0.1, -0.05) is 28.9 Å². The van der Waals surface area contributed by atoms with Crippen molar-refractivity contribution < 1.29 is 10.0 Å². The Morgan fingerprint density at radius 2 is 2.21 bits per heavy atom. The highest BCUT2D eigenvalue weighted by Crippen LogP contribution is 2.19. The number of amidine groups is 1. The van der Waals surface area contributed by atoms with Crippen molar-refractivity contribution in [1.29, 1.82) is 0 Å². The van der Waals surface area contributed by atoms with Crippen LogP contribution in [-0.2, 0) is 0 Å². The molecule has 0 unspecified atom stereocenters. The summed E-state index contributed by atoms with van der Waals surface area (Å²) in [4.78, 5) is 11.9. The molecule has 1 amide bonds. The third kappa shape index (κ3) is 4.79. The van der Waals surface area contributed by atoms with Crippen molar-refractivity contribution in [3.8, 4) is 0 Å². The van der Waals surface area contributed by atoms with Gasteiger partial charge in [0, 0.05) is 13.0 Å². The first-order valence-corrected chi connectivity index (χ1v) is 6.43. The molecule has 0 radical (unpaired) electrons. The Labute approximate surface area is 117 Å². The lowest BCUT2D eigenvalue weighted by Gasteiger charge is -2.08. The predicted octanol–water partition coefficient (Wildman–Crippen LogP) is 2.29. The number of nitrogens with two attached hydrogens (primary N) is 1. The van der Waals surface area contributed by atoms with Gasteiger partial charge in [0.05, 0.1) is 10.6 Å². The fourth-order valence-electron chi connectivity index (χ4n) is 1.60. The van der Waals surface area contributed by atoms with Crippen molar-refractivity contribution in [1.82, 2.24) is 5.32 Å². The van der Waals surface area contributed by atoms with Crippen LogP contribution in [0.15, 0.2) is 23.4 Å². The zero-order valence-electron chi connectivity index (χ0n) is 10.8. The van der Waals surface area contributed by atoms with Crippen molar-refractivity contribution in [3.63, 3.8) is 0 Å². The fourth-order valence-corrected chi connectivity index (χ4v) is 1.81. The number of carbonyl (C=O) groups excluding carboxylic acids is 1. The summed E-state index contributed by atoms with van der Waals surface area (Å²) in [6.45, 7) is 2.39. The van der Waals surface area contributed by atoms with Gasteiger partial charge in [0.2, 0.25) is 0 Å². The van der Waals surface area contributed by atoms with Crippen molar-refractivity contribution in [2.45, 2.75) is 26.2 Å². The van der Waals surface area contributed by atoms with Gasteiger partial charge < -0.3 is 16.3 Å². The minimum Gasteiger partial charge on any atom is -0.409 e. The number of nitrogens with zero attached hydrogens (tertiary/aromatic N) is 1. The Morgan fingerprint density at radius 3 is 2.89 bits per heavy atom. The highest BCUT2D eigenvalue weighted by Gasteiger charge is 2.10. The van der Waals surface area contributed by atoms with E-state index in [2.05, 4.69) is 10.5 Å². The molecule has 0 saturated carbocycles. The van der Waals surface area contributed by atoms with Crippen molar-refractivity contribution in [3.05, 3.63) is 34.3 Å². The number of aryl methyl sites for hydroxylation is 1. The zero-order chi connectivity index (χ0) is 14.3. The van der Waals surface area contributed by atoms with E-state index in [0.717, 1.165) is 18.4 Å². The maximum Gasteiger partial charge on any atom is 0.252 e. The molecule has 0 aliphatic heterocycles. The van der Waals surface area contributed by atoms with E-state index in [4.69, 9.17) is 22.5 Å². The number of unbranched alkanes of at least 4 members (excludes halogenated alkanes) is 1. The number of amides is 1. The molecule has 0 aromatic heterocycles. The molecule has 1 rings (SSSR count). The van der Waals surface area contributed by atoms with Crippen LogP contribution in [0.2, 0.25) is 5.02 Å². The summed E-state index contributed by atoms with van der Waals surface area (Å²) >= 11 is 6.07. The zero-order valence-corrected chi connectivity index (χ0v) is 11.6. The molecule has 0 aliphatic rings. The Kier molecular flexibility index (Phi) is 6.15. The molecule has 1 aromatic rings. The summed E-state index contributed by atoms with van der Waals surface area (Å²) < 4.78 is 0. The molecule has 0 saturated heterocycles. The predicted molar refractivity (Wildman–Crippen MR) is 75.8 cm³/mol. The van der Waals surface area contributed by atoms with Crippen LogP contribution in [0.25, 0.3) is 0 Å². The van der Waals surface area contributed by atoms with Crippen LogP contribution < -0.4 is 11.1 Å². The number of carbonyl (C=O) groups is 1. The minimum atomic E-state index is -0.183. The lowest BCUT2D eigenvalue weighted by Crippen LogP contribution is -2.25. The van der Waals surface area contributed by atoms with E-state index in [1.807, 2.05) is 13.0 Å². The average Bonchev–Trinajstić information content (AvgIpc) is 2.40. The molecule has 0 heterocycles. The molecule has 19 heavy (non-hydrogen) atoms. The Morgan fingerprint density at radius 1 is 1.47 bits per heavy atom. The van der Waals surface area contributed by atoms with Crippen molar-refractivity contribution in [2.24, 2.45) is 10.9 Å². The van der Waals surface area contributed by atoms with Gasteiger partial charge >= 0.3 is 0 Å². The number of hydrogen-bond donors (Lipinski definition) is 3. The second kappa shape index (κ2) is 7.63. The third-order valence-corrected chi connectivity index (χ3v) is 3.21. The van der Waals surface area contributed by atoms with Gasteiger partial charge in [0.15, 0.2) is 0 Å². The molecule has 0 aliphatic carbocycles. The highest BCUT2D eigenvalue weighted by molar-refractivity contribution is 6.34. The lowest BCUT2D eigenvalue weighted by molar-refractivity contribution is 0.0953. The van der Waals surface area contributed by atoms with Crippen LogP contribution in [0.4, 0.5) is 0 Å². The third-order valence-electron chi connectivity index (χ3n) is 2.71. The normalized spacial score (nSPS) is 11.4. The van der Waals surface area contributed by atoms with Crippen LogP contribution in [0, 0.1) is 6.92 Å². The quantitative estimate of drug-likeness (QED) is 0.246. The molecule has 0 bridgehead atoms. The fraction of sp³-hybridized carbons (Fsp3) is 0.385. The van der Waals surface area contributed by atoms with E-state index >= 15 is 0 Å². The summed E-state index contributed by atoms with van der Waals surface area (Å²) in [5, 5.41) is 14.5. The van der Waals surface area contributed by atoms with Gasteiger partial charge in [0.25, 0.3) is 5.91 Å². The number of hydrogen-bond acceptors (Lipinski definition) is 3. The van der Waals surface area contributed by atoms with Gasteiger partial charge in [-0.15, -0.1) is 0 Å². The number of oxime groups is 1. The first kappa shape index (κ1) is 15.3. The molecule has 6 heteroatoms. The summed E-state index contributed by atoms with van der Waals surface area (Å²) in [5.41, 5.74) is 6.70. The van der Waals surface area contributed by atoms with Crippen LogP contribution in [-0.4, -0.2) is 23.5 Å². The number of benzene rings is 1. The molecule has 0 spiro atoms. The first-order valence-electron chi connectivity index (χ1n) is 6.06. The molecule has 0 atom stereocenters. The van der Waals surface area contributed by atoms with Gasteiger partial charge in [-0.05, 0) is 31.4 Å². The Balaban J connectivity index is 2.38. The number of halogens is 1. The smallest absolute Gasteiger partial charge is 0.252 e. The van der Waals surface area contributed by atoms with E-state index in [1.165, 1.54) is 0 Å². The summed E-state index contributed by atoms with van der Waals surface area (Å²) in [5.74, 6) is 0.0190. The van der Waals surface area contributed by atoms with Crippen molar-refractivity contribution >= 4 is 23.3 Å². The van der Waals surface area contributed by atoms with E-state index in [-0.39, 0.29) is 11.7 Å². The molecular formula is C13H18ClN3O2. The molecule has 1 aromatic carbocycles. The van der Waals surface area contributed by atoms with E-state index in [1.54, 1.807) is 12.1 Å². The summed E-state index contributed by atoms with van der Waals surface area (Å²) in [7, 11) is 0. The standard InChI is InChI=1S/C13H18ClN3O2/c1-9-5-4-6-10(12(9)14)13(18)16-8-3-2-7-11(15)17-19/h4-6,19H,2-3,7-8H2,1H3,(H2,15,17)(H,16,18). The van der Waals surface area contributed by atoms with E-state index < -0.39 is 0 Å². The molecular weight excluding hydrogens is 266 g/mol. The average molecular weight is 284 g/mol. The van der Waals surface area contributed by atoms with E-state index in [9.17, 15) is 4.79 Å². The van der Waals surface area contributed by atoms with Gasteiger partial charge in [-0.2, -0.15) is 0 Å². The summed E-state index contributed by atoms with van der Waals surface area (Å²) in [6.07, 6.45) is 2.01. The second-order valence-corrected chi connectivity index (χ2v) is 4.62. The topological polar surface area (TPSA) is 87.7 Å². The summed E-state index contributed by atoms with van der Waals surface area (Å²) in [6, 6.07) is 5.35. The maximum atomic E-state index is 11.9. The Bertz CT molecular complexity index is 475. The van der Waals surface area contributed by atoms with Gasteiger partial charge in [0.1, 0.15) is 5.84 Å². The molecule has 104 valence electrons. The van der Waals surface area contributed by atoms with Crippen LogP contribution >= 0.6 is 11.6 Å². The first-order chi connectivity index (χ1) is 9.06. The minimum absolute atomic E-state index is 0.183.